The topological polar surface area (TPSA) is 79.4 Å². The third-order valence-electron chi connectivity index (χ3n) is 4.71. The van der Waals surface area contributed by atoms with E-state index in [1.54, 1.807) is 41.7 Å². The number of piperidine rings is 1. The molecule has 1 aliphatic heterocycles. The second-order valence-corrected chi connectivity index (χ2v) is 10.2. The van der Waals surface area contributed by atoms with Crippen LogP contribution in [0.25, 0.3) is 10.6 Å². The second-order valence-electron chi connectivity index (χ2n) is 6.50. The molecule has 3 aromatic rings. The molecule has 1 amide bonds. The number of aromatic nitrogens is 1. The molecule has 4 rings (SSSR count). The van der Waals surface area contributed by atoms with Crippen molar-refractivity contribution in [2.45, 2.75) is 17.7 Å². The highest BCUT2D eigenvalue weighted by molar-refractivity contribution is 7.89. The molecule has 9 heteroatoms. The van der Waals surface area contributed by atoms with Crippen LogP contribution >= 0.6 is 22.7 Å². The molecule has 0 bridgehead atoms. The minimum absolute atomic E-state index is 0.0937. The van der Waals surface area contributed by atoms with E-state index in [0.717, 1.165) is 10.6 Å². The predicted octanol–water partition coefficient (Wildman–Crippen LogP) is 3.91. The number of nitrogens with zero attached hydrogens (tertiary/aromatic N) is 2. The smallest absolute Gasteiger partial charge is 0.243 e. The van der Waals surface area contributed by atoms with E-state index >= 15 is 0 Å². The van der Waals surface area contributed by atoms with E-state index in [0.29, 0.717) is 36.0 Å². The van der Waals surface area contributed by atoms with Gasteiger partial charge in [0.15, 0.2) is 5.13 Å². The number of carbonyl (C=O) groups is 1. The van der Waals surface area contributed by atoms with Crippen LogP contribution in [-0.2, 0) is 14.8 Å². The molecule has 1 saturated heterocycles. The summed E-state index contributed by atoms with van der Waals surface area (Å²) in [4.78, 5) is 18.4. The highest BCUT2D eigenvalue weighted by Crippen LogP contribution is 2.29. The lowest BCUT2D eigenvalue weighted by Gasteiger charge is -2.30. The van der Waals surface area contributed by atoms with Crippen molar-refractivity contribution in [3.8, 4) is 10.6 Å². The van der Waals surface area contributed by atoms with Gasteiger partial charge in [0.2, 0.25) is 15.9 Å². The number of rotatable bonds is 5. The zero-order valence-corrected chi connectivity index (χ0v) is 17.4. The Kier molecular flexibility index (Phi) is 5.58. The number of anilines is 1. The summed E-state index contributed by atoms with van der Waals surface area (Å²) in [5.74, 6) is -0.305. The van der Waals surface area contributed by atoms with Crippen LogP contribution in [0.3, 0.4) is 0 Å². The monoisotopic (exact) mass is 433 g/mol. The average Bonchev–Trinajstić information content (AvgIpc) is 3.40. The summed E-state index contributed by atoms with van der Waals surface area (Å²) in [6.45, 7) is 0.682. The summed E-state index contributed by atoms with van der Waals surface area (Å²) < 4.78 is 26.8. The molecule has 28 heavy (non-hydrogen) atoms. The van der Waals surface area contributed by atoms with Crippen LogP contribution in [0.2, 0.25) is 0 Å². The lowest BCUT2D eigenvalue weighted by atomic mass is 9.97. The molecule has 0 radical (unpaired) electrons. The molecule has 1 aromatic carbocycles. The van der Waals surface area contributed by atoms with Gasteiger partial charge in [0.05, 0.1) is 15.5 Å². The molecule has 1 aliphatic rings. The lowest BCUT2D eigenvalue weighted by molar-refractivity contribution is -0.120. The quantitative estimate of drug-likeness (QED) is 0.662. The van der Waals surface area contributed by atoms with E-state index in [9.17, 15) is 13.2 Å². The van der Waals surface area contributed by atoms with Crippen LogP contribution in [-0.4, -0.2) is 36.7 Å². The highest BCUT2D eigenvalue weighted by Gasteiger charge is 2.32. The third-order valence-corrected chi connectivity index (χ3v) is 8.28. The van der Waals surface area contributed by atoms with Gasteiger partial charge in [-0.15, -0.1) is 22.7 Å². The van der Waals surface area contributed by atoms with E-state index in [1.807, 2.05) is 22.9 Å². The van der Waals surface area contributed by atoms with Gasteiger partial charge in [-0.2, -0.15) is 4.31 Å². The molecule has 2 aromatic heterocycles. The molecule has 3 heterocycles. The first-order valence-electron chi connectivity index (χ1n) is 8.89. The molecule has 0 aliphatic carbocycles. The molecule has 0 atom stereocenters. The van der Waals surface area contributed by atoms with E-state index in [-0.39, 0.29) is 11.8 Å². The standard InChI is InChI=1S/C19H19N3O3S3/c23-18(21-19-20-16(13-27-19)17-7-4-12-26-17)14-8-10-22(11-9-14)28(24,25)15-5-2-1-3-6-15/h1-7,12-14H,8-11H2,(H,20,21,23). The maximum absolute atomic E-state index is 12.7. The highest BCUT2D eigenvalue weighted by atomic mass is 32.2. The number of thiazole rings is 1. The largest absolute Gasteiger partial charge is 0.302 e. The first-order chi connectivity index (χ1) is 13.5. The zero-order valence-electron chi connectivity index (χ0n) is 14.9. The summed E-state index contributed by atoms with van der Waals surface area (Å²) in [6, 6.07) is 12.4. The minimum Gasteiger partial charge on any atom is -0.302 e. The Morgan fingerprint density at radius 3 is 2.50 bits per heavy atom. The molecule has 1 fully saturated rings. The maximum Gasteiger partial charge on any atom is 0.243 e. The molecular weight excluding hydrogens is 414 g/mol. The van der Waals surface area contributed by atoms with Crippen LogP contribution in [0, 0.1) is 5.92 Å². The van der Waals surface area contributed by atoms with Crippen molar-refractivity contribution < 1.29 is 13.2 Å². The van der Waals surface area contributed by atoms with Gasteiger partial charge in [-0.25, -0.2) is 13.4 Å². The summed E-state index contributed by atoms with van der Waals surface area (Å²) in [5, 5.41) is 7.38. The van der Waals surface area contributed by atoms with Gasteiger partial charge in [-0.3, -0.25) is 4.79 Å². The predicted molar refractivity (Wildman–Crippen MR) is 112 cm³/mol. The number of nitrogens with one attached hydrogen (secondary N) is 1. The van der Waals surface area contributed by atoms with Crippen LogP contribution in [0.4, 0.5) is 5.13 Å². The number of hydrogen-bond acceptors (Lipinski definition) is 6. The van der Waals surface area contributed by atoms with Crippen molar-refractivity contribution in [2.24, 2.45) is 5.92 Å². The fourth-order valence-electron chi connectivity index (χ4n) is 3.18. The molecule has 0 saturated carbocycles. The van der Waals surface area contributed by atoms with Gasteiger partial charge < -0.3 is 5.32 Å². The summed E-state index contributed by atoms with van der Waals surface area (Å²) >= 11 is 3.01. The van der Waals surface area contributed by atoms with Crippen LogP contribution in [0.1, 0.15) is 12.8 Å². The van der Waals surface area contributed by atoms with E-state index in [2.05, 4.69) is 10.3 Å². The Labute approximate surface area is 171 Å². The summed E-state index contributed by atoms with van der Waals surface area (Å²) in [7, 11) is -3.50. The average molecular weight is 434 g/mol. The van der Waals surface area contributed by atoms with Crippen LogP contribution in [0.15, 0.2) is 58.1 Å². The molecular formula is C19H19N3O3S3. The first-order valence-corrected chi connectivity index (χ1v) is 12.1. The van der Waals surface area contributed by atoms with Crippen molar-refractivity contribution in [3.63, 3.8) is 0 Å². The SMILES string of the molecule is O=C(Nc1nc(-c2cccs2)cs1)C1CCN(S(=O)(=O)c2ccccc2)CC1. The van der Waals surface area contributed by atoms with E-state index in [1.165, 1.54) is 15.6 Å². The Morgan fingerprint density at radius 2 is 1.82 bits per heavy atom. The van der Waals surface area contributed by atoms with Crippen molar-refractivity contribution in [1.29, 1.82) is 0 Å². The second kappa shape index (κ2) is 8.12. The number of carbonyl (C=O) groups excluding carboxylic acids is 1. The fraction of sp³-hybridized carbons (Fsp3) is 0.263. The molecule has 0 spiro atoms. The molecule has 1 N–H and O–H groups in total. The molecule has 0 unspecified atom stereocenters. The van der Waals surface area contributed by atoms with Crippen molar-refractivity contribution in [1.82, 2.24) is 9.29 Å². The van der Waals surface area contributed by atoms with Crippen LogP contribution < -0.4 is 5.32 Å². The molecule has 6 nitrogen and oxygen atoms in total. The van der Waals surface area contributed by atoms with Crippen molar-refractivity contribution >= 4 is 43.7 Å². The number of sulfonamides is 1. The van der Waals surface area contributed by atoms with Gasteiger partial charge in [0.25, 0.3) is 0 Å². The Hall–Kier alpha value is -2.07. The first kappa shape index (κ1) is 19.3. The Balaban J connectivity index is 1.35. The normalized spacial score (nSPS) is 16.1. The van der Waals surface area contributed by atoms with Crippen molar-refractivity contribution in [2.75, 3.05) is 18.4 Å². The van der Waals surface area contributed by atoms with Gasteiger partial charge >= 0.3 is 0 Å². The lowest BCUT2D eigenvalue weighted by Crippen LogP contribution is -2.41. The minimum atomic E-state index is -3.50. The van der Waals surface area contributed by atoms with Gasteiger partial charge in [-0.05, 0) is 36.4 Å². The number of amides is 1. The third kappa shape index (κ3) is 4.02. The van der Waals surface area contributed by atoms with Gasteiger partial charge in [-0.1, -0.05) is 24.3 Å². The van der Waals surface area contributed by atoms with E-state index in [4.69, 9.17) is 0 Å². The van der Waals surface area contributed by atoms with Gasteiger partial charge in [0, 0.05) is 24.4 Å². The van der Waals surface area contributed by atoms with E-state index < -0.39 is 10.0 Å². The van der Waals surface area contributed by atoms with Crippen molar-refractivity contribution in [3.05, 3.63) is 53.2 Å². The van der Waals surface area contributed by atoms with Gasteiger partial charge in [0.1, 0.15) is 0 Å². The Bertz CT molecular complexity index is 1040. The summed E-state index contributed by atoms with van der Waals surface area (Å²) in [6.07, 6.45) is 1.00. The number of benzene rings is 1. The van der Waals surface area contributed by atoms with Crippen LogP contribution in [0.5, 0.6) is 0 Å². The number of thiophene rings is 1. The summed E-state index contributed by atoms with van der Waals surface area (Å²) in [5.41, 5.74) is 0.860. The zero-order chi connectivity index (χ0) is 19.6. The number of hydrogen-bond donors (Lipinski definition) is 1. The Morgan fingerprint density at radius 1 is 1.07 bits per heavy atom. The maximum atomic E-state index is 12.7. The fourth-order valence-corrected chi connectivity index (χ4v) is 6.14. The molecule has 146 valence electrons.